The van der Waals surface area contributed by atoms with E-state index in [1.807, 2.05) is 0 Å². The molecular formula is C9H11IN2O4S. The van der Waals surface area contributed by atoms with Crippen LogP contribution >= 0.6 is 22.6 Å². The lowest BCUT2D eigenvalue weighted by molar-refractivity contribution is -0.139. The van der Waals surface area contributed by atoms with Crippen LogP contribution in [0.3, 0.4) is 0 Å². The molecule has 1 rings (SSSR count). The molecule has 6 nitrogen and oxygen atoms in total. The Morgan fingerprint density at radius 2 is 2.24 bits per heavy atom. The topological polar surface area (TPSA) is 85.4 Å². The van der Waals surface area contributed by atoms with E-state index >= 15 is 0 Å². The van der Waals surface area contributed by atoms with Gasteiger partial charge in [0, 0.05) is 9.77 Å². The van der Waals surface area contributed by atoms with Gasteiger partial charge in [0.05, 0.1) is 6.61 Å². The molecular weight excluding hydrogens is 359 g/mol. The van der Waals surface area contributed by atoms with Crippen molar-refractivity contribution in [1.29, 1.82) is 0 Å². The van der Waals surface area contributed by atoms with E-state index in [0.717, 1.165) is 3.57 Å². The highest BCUT2D eigenvalue weighted by molar-refractivity contribution is 14.1. The number of carbonyl (C=O) groups is 1. The first-order valence-electron chi connectivity index (χ1n) is 4.70. The first-order valence-corrected chi connectivity index (χ1v) is 7.43. The van der Waals surface area contributed by atoms with Crippen molar-refractivity contribution < 1.29 is 17.9 Å². The number of nitrogens with one attached hydrogen (secondary N) is 1. The van der Waals surface area contributed by atoms with E-state index in [9.17, 15) is 13.2 Å². The van der Waals surface area contributed by atoms with Gasteiger partial charge in [0.2, 0.25) is 10.0 Å². The number of hydrogen-bond acceptors (Lipinski definition) is 5. The van der Waals surface area contributed by atoms with E-state index in [0.29, 0.717) is 0 Å². The van der Waals surface area contributed by atoms with Crippen LogP contribution in [0.25, 0.3) is 0 Å². The lowest BCUT2D eigenvalue weighted by Gasteiger charge is -2.06. The Labute approximate surface area is 113 Å². The van der Waals surface area contributed by atoms with Gasteiger partial charge in [-0.3, -0.25) is 9.52 Å². The van der Waals surface area contributed by atoms with Crippen LogP contribution in [0.4, 0.5) is 5.82 Å². The summed E-state index contributed by atoms with van der Waals surface area (Å²) < 4.78 is 30.7. The van der Waals surface area contributed by atoms with Gasteiger partial charge in [-0.25, -0.2) is 13.4 Å². The summed E-state index contributed by atoms with van der Waals surface area (Å²) in [4.78, 5) is 14.9. The zero-order valence-electron chi connectivity index (χ0n) is 9.01. The van der Waals surface area contributed by atoms with Crippen LogP contribution in [0.5, 0.6) is 0 Å². The van der Waals surface area contributed by atoms with Crippen LogP contribution in [-0.2, 0) is 19.6 Å². The number of ether oxygens (including phenoxy) is 1. The fraction of sp³-hybridized carbons (Fsp3) is 0.333. The predicted octanol–water partition coefficient (Wildman–Crippen LogP) is 0.991. The molecule has 1 heterocycles. The number of pyridine rings is 1. The van der Waals surface area contributed by atoms with Crippen LogP contribution in [0.1, 0.15) is 6.92 Å². The van der Waals surface area contributed by atoms with Gasteiger partial charge < -0.3 is 4.74 Å². The summed E-state index contributed by atoms with van der Waals surface area (Å²) in [5, 5.41) is 0. The van der Waals surface area contributed by atoms with Gasteiger partial charge in [0.1, 0.15) is 5.82 Å². The number of hydrogen-bond donors (Lipinski definition) is 1. The Kier molecular flexibility index (Phi) is 5.12. The molecule has 0 saturated heterocycles. The molecule has 17 heavy (non-hydrogen) atoms. The zero-order valence-corrected chi connectivity index (χ0v) is 12.0. The van der Waals surface area contributed by atoms with E-state index < -0.39 is 21.7 Å². The third-order valence-corrected chi connectivity index (χ3v) is 3.37. The Hall–Kier alpha value is -0.900. The maximum absolute atomic E-state index is 11.5. The first-order chi connectivity index (χ1) is 7.93. The Morgan fingerprint density at radius 1 is 1.53 bits per heavy atom. The molecule has 0 fully saturated rings. The van der Waals surface area contributed by atoms with E-state index in [2.05, 4.69) is 37.0 Å². The minimum absolute atomic E-state index is 0.149. The third-order valence-electron chi connectivity index (χ3n) is 1.60. The van der Waals surface area contributed by atoms with Gasteiger partial charge in [-0.1, -0.05) is 0 Å². The third kappa shape index (κ3) is 5.31. The van der Waals surface area contributed by atoms with Crippen LogP contribution < -0.4 is 4.72 Å². The van der Waals surface area contributed by atoms with Gasteiger partial charge in [-0.2, -0.15) is 0 Å². The molecule has 1 aromatic heterocycles. The van der Waals surface area contributed by atoms with E-state index in [1.54, 1.807) is 13.0 Å². The molecule has 0 aliphatic heterocycles. The lowest BCUT2D eigenvalue weighted by Crippen LogP contribution is -2.24. The minimum Gasteiger partial charge on any atom is -0.465 e. The summed E-state index contributed by atoms with van der Waals surface area (Å²) in [5.41, 5.74) is 0. The number of halogens is 1. The normalized spacial score (nSPS) is 10.9. The van der Waals surface area contributed by atoms with Gasteiger partial charge >= 0.3 is 5.97 Å². The quantitative estimate of drug-likeness (QED) is 0.617. The maximum Gasteiger partial charge on any atom is 0.323 e. The second-order valence-electron chi connectivity index (χ2n) is 3.03. The molecule has 94 valence electrons. The van der Waals surface area contributed by atoms with Crippen molar-refractivity contribution in [1.82, 2.24) is 4.98 Å². The van der Waals surface area contributed by atoms with Crippen LogP contribution in [0, 0.1) is 3.57 Å². The van der Waals surface area contributed by atoms with Crippen molar-refractivity contribution >= 4 is 44.4 Å². The van der Waals surface area contributed by atoms with Gasteiger partial charge in [0.25, 0.3) is 0 Å². The summed E-state index contributed by atoms with van der Waals surface area (Å²) in [6.07, 6.45) is 1.52. The van der Waals surface area contributed by atoms with Gasteiger partial charge in [0.15, 0.2) is 5.75 Å². The van der Waals surface area contributed by atoms with E-state index in [4.69, 9.17) is 0 Å². The highest BCUT2D eigenvalue weighted by Crippen LogP contribution is 2.08. The van der Waals surface area contributed by atoms with E-state index in [-0.39, 0.29) is 12.4 Å². The minimum atomic E-state index is -3.76. The second kappa shape index (κ2) is 6.15. The van der Waals surface area contributed by atoms with Gasteiger partial charge in [-0.15, -0.1) is 0 Å². The Morgan fingerprint density at radius 3 is 2.76 bits per heavy atom. The monoisotopic (exact) mass is 370 g/mol. The molecule has 0 saturated carbocycles. The van der Waals surface area contributed by atoms with Gasteiger partial charge in [-0.05, 0) is 41.6 Å². The van der Waals surface area contributed by atoms with Crippen LogP contribution in [0.15, 0.2) is 18.3 Å². The molecule has 0 aromatic carbocycles. The van der Waals surface area contributed by atoms with E-state index in [1.165, 1.54) is 12.3 Å². The molecule has 8 heteroatoms. The standard InChI is InChI=1S/C9H11IN2O4S/c1-2-16-9(13)6-17(14,15)12-8-4-3-7(10)5-11-8/h3-5H,2,6H2,1H3,(H,11,12). The SMILES string of the molecule is CCOC(=O)CS(=O)(=O)Nc1ccc(I)cn1. The Balaban J connectivity index is 2.66. The van der Waals surface area contributed by atoms with Crippen molar-refractivity contribution in [3.63, 3.8) is 0 Å². The number of sulfonamides is 1. The number of esters is 1. The highest BCUT2D eigenvalue weighted by Gasteiger charge is 2.17. The second-order valence-corrected chi connectivity index (χ2v) is 6.00. The first kappa shape index (κ1) is 14.2. The number of nitrogens with zero attached hydrogens (tertiary/aromatic N) is 1. The summed E-state index contributed by atoms with van der Waals surface area (Å²) in [6.45, 7) is 1.76. The number of carbonyl (C=O) groups excluding carboxylic acids is 1. The van der Waals surface area contributed by atoms with Crippen molar-refractivity contribution in [2.45, 2.75) is 6.92 Å². The molecule has 0 aliphatic carbocycles. The summed E-state index contributed by atoms with van der Waals surface area (Å²) in [5.74, 6) is -1.32. The molecule has 0 atom stereocenters. The van der Waals surface area contributed by atoms with Crippen molar-refractivity contribution in [2.24, 2.45) is 0 Å². The number of anilines is 1. The molecule has 0 aliphatic rings. The summed E-state index contributed by atoms with van der Waals surface area (Å²) >= 11 is 2.05. The molecule has 1 N–H and O–H groups in total. The molecule has 0 spiro atoms. The molecule has 0 bridgehead atoms. The smallest absolute Gasteiger partial charge is 0.323 e. The van der Waals surface area contributed by atoms with Crippen molar-refractivity contribution in [2.75, 3.05) is 17.1 Å². The zero-order chi connectivity index (χ0) is 12.9. The largest absolute Gasteiger partial charge is 0.465 e. The molecule has 0 unspecified atom stereocenters. The molecule has 1 aromatic rings. The lowest BCUT2D eigenvalue weighted by atomic mass is 10.5. The average molecular weight is 370 g/mol. The Bertz CT molecular complexity index is 486. The number of aromatic nitrogens is 1. The fourth-order valence-corrected chi connectivity index (χ4v) is 2.21. The average Bonchev–Trinajstić information content (AvgIpc) is 2.20. The highest BCUT2D eigenvalue weighted by atomic mass is 127. The van der Waals surface area contributed by atoms with Crippen LogP contribution in [-0.4, -0.2) is 31.7 Å². The maximum atomic E-state index is 11.5. The molecule has 0 radical (unpaired) electrons. The van der Waals surface area contributed by atoms with Crippen molar-refractivity contribution in [3.8, 4) is 0 Å². The number of rotatable bonds is 5. The molecule has 0 amide bonds. The van der Waals surface area contributed by atoms with Crippen molar-refractivity contribution in [3.05, 3.63) is 21.9 Å². The summed E-state index contributed by atoms with van der Waals surface area (Å²) in [6, 6.07) is 3.22. The predicted molar refractivity (Wildman–Crippen MR) is 71.0 cm³/mol. The van der Waals surface area contributed by atoms with Crippen LogP contribution in [0.2, 0.25) is 0 Å². The summed E-state index contributed by atoms with van der Waals surface area (Å²) in [7, 11) is -3.76. The fourth-order valence-electron chi connectivity index (χ4n) is 0.989.